The Balaban J connectivity index is 2.52. The van der Waals surface area contributed by atoms with E-state index in [-0.39, 0.29) is 11.6 Å². The van der Waals surface area contributed by atoms with Crippen molar-refractivity contribution in [2.45, 2.75) is 45.8 Å². The molecule has 0 aliphatic rings. The lowest BCUT2D eigenvalue weighted by atomic mass is 10.0. The number of hydrogen-bond acceptors (Lipinski definition) is 3. The maximum atomic E-state index is 6.06. The van der Waals surface area contributed by atoms with Gasteiger partial charge < -0.3 is 15.2 Å². The van der Waals surface area contributed by atoms with E-state index in [1.54, 1.807) is 0 Å². The third kappa shape index (κ3) is 5.07. The average molecular weight is 251 g/mol. The smallest absolute Gasteiger partial charge is 0.124 e. The Hall–Kier alpha value is -1.06. The maximum absolute atomic E-state index is 6.06. The Morgan fingerprint density at radius 1 is 1.17 bits per heavy atom. The van der Waals surface area contributed by atoms with Crippen LogP contribution >= 0.6 is 0 Å². The summed E-state index contributed by atoms with van der Waals surface area (Å²) in [6.45, 7) is 9.31. The van der Waals surface area contributed by atoms with Crippen LogP contribution in [0, 0.1) is 0 Å². The second kappa shape index (κ2) is 6.76. The molecule has 0 amide bonds. The second-order valence-corrected chi connectivity index (χ2v) is 5.36. The Bertz CT molecular complexity index is 358. The third-order valence-corrected chi connectivity index (χ3v) is 2.63. The largest absolute Gasteiger partial charge is 0.491 e. The van der Waals surface area contributed by atoms with Crippen molar-refractivity contribution in [1.29, 1.82) is 0 Å². The molecule has 0 bridgehead atoms. The number of para-hydroxylation sites is 1. The van der Waals surface area contributed by atoms with E-state index in [4.69, 9.17) is 15.2 Å². The molecule has 0 saturated heterocycles. The Morgan fingerprint density at radius 3 is 2.44 bits per heavy atom. The summed E-state index contributed by atoms with van der Waals surface area (Å²) in [5, 5.41) is 0. The van der Waals surface area contributed by atoms with Crippen LogP contribution in [0.4, 0.5) is 0 Å². The van der Waals surface area contributed by atoms with Crippen LogP contribution in [0.3, 0.4) is 0 Å². The van der Waals surface area contributed by atoms with E-state index >= 15 is 0 Å². The first-order chi connectivity index (χ1) is 8.44. The molecule has 1 aromatic rings. The van der Waals surface area contributed by atoms with E-state index in [1.807, 2.05) is 45.0 Å². The number of nitrogens with two attached hydrogens (primary N) is 1. The summed E-state index contributed by atoms with van der Waals surface area (Å²) >= 11 is 0. The Morgan fingerprint density at radius 2 is 1.83 bits per heavy atom. The molecular weight excluding hydrogens is 226 g/mol. The van der Waals surface area contributed by atoms with E-state index < -0.39 is 0 Å². The Labute approximate surface area is 110 Å². The van der Waals surface area contributed by atoms with Gasteiger partial charge >= 0.3 is 0 Å². The molecule has 102 valence electrons. The molecule has 0 unspecified atom stereocenters. The van der Waals surface area contributed by atoms with Crippen LogP contribution in [0.25, 0.3) is 0 Å². The molecule has 18 heavy (non-hydrogen) atoms. The van der Waals surface area contributed by atoms with E-state index in [9.17, 15) is 0 Å². The van der Waals surface area contributed by atoms with E-state index in [0.717, 1.165) is 17.7 Å². The fraction of sp³-hybridized carbons (Fsp3) is 0.600. The number of ether oxygens (including phenoxy) is 2. The van der Waals surface area contributed by atoms with Crippen LogP contribution < -0.4 is 10.5 Å². The van der Waals surface area contributed by atoms with Crippen molar-refractivity contribution in [1.82, 2.24) is 0 Å². The molecule has 0 aliphatic carbocycles. The molecule has 0 aliphatic heterocycles. The summed E-state index contributed by atoms with van der Waals surface area (Å²) in [4.78, 5) is 0. The number of hydrogen-bond donors (Lipinski definition) is 1. The minimum absolute atomic E-state index is 0.0322. The van der Waals surface area contributed by atoms with Crippen LogP contribution in [0.1, 0.15) is 45.7 Å². The van der Waals surface area contributed by atoms with Crippen LogP contribution in [0.5, 0.6) is 5.75 Å². The predicted octanol–water partition coefficient (Wildman–Crippen LogP) is 3.29. The second-order valence-electron chi connectivity index (χ2n) is 5.36. The van der Waals surface area contributed by atoms with Gasteiger partial charge in [0.25, 0.3) is 0 Å². The molecule has 0 heterocycles. The number of benzene rings is 1. The predicted molar refractivity (Wildman–Crippen MR) is 74.9 cm³/mol. The van der Waals surface area contributed by atoms with Gasteiger partial charge in [0.05, 0.1) is 12.2 Å². The molecular formula is C15H25NO2. The average Bonchev–Trinajstić information content (AvgIpc) is 2.33. The van der Waals surface area contributed by atoms with Crippen molar-refractivity contribution in [2.24, 2.45) is 5.73 Å². The van der Waals surface area contributed by atoms with Gasteiger partial charge in [-0.1, -0.05) is 25.1 Å². The van der Waals surface area contributed by atoms with Crippen LogP contribution in [-0.4, -0.2) is 18.8 Å². The molecule has 0 radical (unpaired) electrons. The third-order valence-electron chi connectivity index (χ3n) is 2.63. The minimum Gasteiger partial charge on any atom is -0.491 e. The number of rotatable bonds is 6. The van der Waals surface area contributed by atoms with Gasteiger partial charge in [-0.25, -0.2) is 0 Å². The first kappa shape index (κ1) is 15.0. The van der Waals surface area contributed by atoms with Gasteiger partial charge in [-0.15, -0.1) is 0 Å². The topological polar surface area (TPSA) is 44.5 Å². The lowest BCUT2D eigenvalue weighted by Crippen LogP contribution is -2.22. The molecule has 3 heteroatoms. The van der Waals surface area contributed by atoms with Gasteiger partial charge in [0.15, 0.2) is 0 Å². The molecule has 1 aromatic carbocycles. The molecule has 0 saturated carbocycles. The normalized spacial score (nSPS) is 13.4. The van der Waals surface area contributed by atoms with E-state index in [1.165, 1.54) is 0 Å². The van der Waals surface area contributed by atoms with Crippen molar-refractivity contribution < 1.29 is 9.47 Å². The first-order valence-electron chi connectivity index (χ1n) is 6.55. The summed E-state index contributed by atoms with van der Waals surface area (Å²) in [5.41, 5.74) is 7.00. The highest BCUT2D eigenvalue weighted by Gasteiger charge is 2.11. The van der Waals surface area contributed by atoms with Gasteiger partial charge in [0.2, 0.25) is 0 Å². The fourth-order valence-corrected chi connectivity index (χ4v) is 1.64. The molecule has 1 rings (SSSR count). The Kier molecular flexibility index (Phi) is 5.63. The lowest BCUT2D eigenvalue weighted by Gasteiger charge is -2.20. The maximum Gasteiger partial charge on any atom is 0.124 e. The molecule has 0 aromatic heterocycles. The van der Waals surface area contributed by atoms with Crippen LogP contribution in [0.15, 0.2) is 24.3 Å². The van der Waals surface area contributed by atoms with E-state index in [0.29, 0.717) is 13.2 Å². The van der Waals surface area contributed by atoms with Crippen molar-refractivity contribution in [3.63, 3.8) is 0 Å². The summed E-state index contributed by atoms with van der Waals surface area (Å²) in [5.74, 6) is 0.865. The quantitative estimate of drug-likeness (QED) is 0.789. The standard InChI is InChI=1S/C15H25NO2/c1-5-13(16)12-8-6-7-9-14(12)17-10-11-18-15(2,3)4/h6-9,13H,5,10-11,16H2,1-4H3/t13-/m0/s1. The van der Waals surface area contributed by atoms with Gasteiger partial charge in [0, 0.05) is 11.6 Å². The highest BCUT2D eigenvalue weighted by atomic mass is 16.5. The van der Waals surface area contributed by atoms with Gasteiger partial charge in [0.1, 0.15) is 12.4 Å². The van der Waals surface area contributed by atoms with Gasteiger partial charge in [-0.2, -0.15) is 0 Å². The summed E-state index contributed by atoms with van der Waals surface area (Å²) < 4.78 is 11.4. The zero-order valence-corrected chi connectivity index (χ0v) is 11.9. The molecule has 0 spiro atoms. The zero-order valence-electron chi connectivity index (χ0n) is 11.9. The fourth-order valence-electron chi connectivity index (χ4n) is 1.64. The highest BCUT2D eigenvalue weighted by molar-refractivity contribution is 5.35. The van der Waals surface area contributed by atoms with E-state index in [2.05, 4.69) is 6.92 Å². The zero-order chi connectivity index (χ0) is 13.6. The van der Waals surface area contributed by atoms with Gasteiger partial charge in [-0.3, -0.25) is 0 Å². The molecule has 2 N–H and O–H groups in total. The van der Waals surface area contributed by atoms with Crippen molar-refractivity contribution in [3.05, 3.63) is 29.8 Å². The van der Waals surface area contributed by atoms with Crippen LogP contribution in [-0.2, 0) is 4.74 Å². The van der Waals surface area contributed by atoms with Crippen molar-refractivity contribution in [3.8, 4) is 5.75 Å². The highest BCUT2D eigenvalue weighted by Crippen LogP contribution is 2.25. The first-order valence-corrected chi connectivity index (χ1v) is 6.55. The SMILES string of the molecule is CC[C@H](N)c1ccccc1OCCOC(C)(C)C. The molecule has 1 atom stereocenters. The van der Waals surface area contributed by atoms with Crippen LogP contribution in [0.2, 0.25) is 0 Å². The summed E-state index contributed by atoms with van der Waals surface area (Å²) in [7, 11) is 0. The summed E-state index contributed by atoms with van der Waals surface area (Å²) in [6, 6.07) is 7.97. The minimum atomic E-state index is -0.122. The molecule has 0 fully saturated rings. The van der Waals surface area contributed by atoms with Crippen molar-refractivity contribution in [2.75, 3.05) is 13.2 Å². The van der Waals surface area contributed by atoms with Crippen molar-refractivity contribution >= 4 is 0 Å². The van der Waals surface area contributed by atoms with Gasteiger partial charge in [-0.05, 0) is 33.3 Å². The summed E-state index contributed by atoms with van der Waals surface area (Å²) in [6.07, 6.45) is 0.902. The monoisotopic (exact) mass is 251 g/mol. The molecule has 3 nitrogen and oxygen atoms in total. The lowest BCUT2D eigenvalue weighted by molar-refractivity contribution is -0.0164.